The molecule has 3 aromatic rings. The largest absolute Gasteiger partial charge is 0.497 e. The van der Waals surface area contributed by atoms with Gasteiger partial charge in [-0.25, -0.2) is 0 Å². The van der Waals surface area contributed by atoms with Gasteiger partial charge in [0.25, 0.3) is 5.91 Å². The molecule has 4 rings (SSSR count). The van der Waals surface area contributed by atoms with E-state index in [0.717, 1.165) is 11.4 Å². The predicted molar refractivity (Wildman–Crippen MR) is 115 cm³/mol. The summed E-state index contributed by atoms with van der Waals surface area (Å²) >= 11 is 0. The number of pyridine rings is 1. The first kappa shape index (κ1) is 19.6. The highest BCUT2D eigenvalue weighted by atomic mass is 16.5. The summed E-state index contributed by atoms with van der Waals surface area (Å²) in [6.45, 7) is 2.51. The van der Waals surface area contributed by atoms with Gasteiger partial charge in [-0.2, -0.15) is 0 Å². The zero-order chi connectivity index (χ0) is 21.1. The van der Waals surface area contributed by atoms with Crippen molar-refractivity contribution in [2.24, 2.45) is 0 Å². The van der Waals surface area contributed by atoms with E-state index in [0.29, 0.717) is 35.1 Å². The minimum absolute atomic E-state index is 0.123. The summed E-state index contributed by atoms with van der Waals surface area (Å²) in [7, 11) is 3.21. The molecule has 0 bridgehead atoms. The molecule has 0 saturated carbocycles. The third-order valence-electron chi connectivity index (χ3n) is 4.93. The lowest BCUT2D eigenvalue weighted by molar-refractivity contribution is 0.0993. The molecule has 0 unspecified atom stereocenters. The van der Waals surface area contributed by atoms with Crippen LogP contribution in [0.5, 0.6) is 17.2 Å². The molecule has 0 saturated heterocycles. The number of nitrogens with zero attached hydrogens (tertiary/aromatic N) is 2. The summed E-state index contributed by atoms with van der Waals surface area (Å²) in [6, 6.07) is 16.5. The molecule has 0 spiro atoms. The van der Waals surface area contributed by atoms with E-state index in [2.05, 4.69) is 10.3 Å². The van der Waals surface area contributed by atoms with Gasteiger partial charge in [-0.05, 0) is 55.5 Å². The van der Waals surface area contributed by atoms with Crippen LogP contribution < -0.4 is 24.4 Å². The maximum absolute atomic E-state index is 13.2. The number of fused-ring (bicyclic) bond motifs is 1. The fourth-order valence-corrected chi connectivity index (χ4v) is 3.53. The lowest BCUT2D eigenvalue weighted by atomic mass is 10.2. The number of methoxy groups -OCH3 is 2. The van der Waals surface area contributed by atoms with Gasteiger partial charge in [0.1, 0.15) is 17.2 Å². The highest BCUT2D eigenvalue weighted by Gasteiger charge is 2.39. The second-order valence-electron chi connectivity index (χ2n) is 6.65. The molecule has 2 aromatic carbocycles. The van der Waals surface area contributed by atoms with E-state index in [-0.39, 0.29) is 5.91 Å². The highest BCUT2D eigenvalue weighted by molar-refractivity contribution is 6.11. The van der Waals surface area contributed by atoms with Gasteiger partial charge in [0.15, 0.2) is 6.17 Å². The Balaban J connectivity index is 1.75. The van der Waals surface area contributed by atoms with Crippen molar-refractivity contribution in [1.29, 1.82) is 0 Å². The van der Waals surface area contributed by atoms with E-state index in [1.54, 1.807) is 37.4 Å². The first-order chi connectivity index (χ1) is 14.7. The van der Waals surface area contributed by atoms with Gasteiger partial charge in [-0.1, -0.05) is 0 Å². The molecule has 30 heavy (non-hydrogen) atoms. The molecular weight excluding hydrogens is 382 g/mol. The number of rotatable bonds is 7. The zero-order valence-corrected chi connectivity index (χ0v) is 17.1. The van der Waals surface area contributed by atoms with Crippen LogP contribution in [0.15, 0.2) is 60.8 Å². The third-order valence-corrected chi connectivity index (χ3v) is 4.93. The molecule has 1 aromatic heterocycles. The summed E-state index contributed by atoms with van der Waals surface area (Å²) in [5.74, 6) is 1.94. The SMILES string of the molecule is CCOc1ccc(N2C(=O)c3cccnc3[C@H]2Nc2cc(OC)ccc2OC)cc1. The molecule has 7 nitrogen and oxygen atoms in total. The number of carbonyl (C=O) groups excluding carboxylic acids is 1. The van der Waals surface area contributed by atoms with Gasteiger partial charge in [0.2, 0.25) is 0 Å². The van der Waals surface area contributed by atoms with Crippen LogP contribution in [0.25, 0.3) is 0 Å². The van der Waals surface area contributed by atoms with Crippen LogP contribution in [0.3, 0.4) is 0 Å². The molecule has 1 amide bonds. The second kappa shape index (κ2) is 8.32. The van der Waals surface area contributed by atoms with Gasteiger partial charge in [-0.3, -0.25) is 14.7 Å². The van der Waals surface area contributed by atoms with Crippen LogP contribution in [0, 0.1) is 0 Å². The summed E-state index contributed by atoms with van der Waals surface area (Å²) < 4.78 is 16.4. The smallest absolute Gasteiger partial charge is 0.262 e. The Hall–Kier alpha value is -3.74. The van der Waals surface area contributed by atoms with Crippen molar-refractivity contribution in [2.75, 3.05) is 31.0 Å². The Kier molecular flexibility index (Phi) is 5.43. The van der Waals surface area contributed by atoms with E-state index < -0.39 is 6.17 Å². The van der Waals surface area contributed by atoms with E-state index in [4.69, 9.17) is 14.2 Å². The molecule has 154 valence electrons. The minimum atomic E-state index is -0.507. The van der Waals surface area contributed by atoms with Crippen molar-refractivity contribution in [3.8, 4) is 17.2 Å². The first-order valence-electron chi connectivity index (χ1n) is 9.66. The van der Waals surface area contributed by atoms with Gasteiger partial charge in [-0.15, -0.1) is 0 Å². The third kappa shape index (κ3) is 3.50. The van der Waals surface area contributed by atoms with Crippen molar-refractivity contribution >= 4 is 17.3 Å². The molecule has 1 N–H and O–H groups in total. The molecule has 0 aliphatic carbocycles. The Morgan fingerprint density at radius 3 is 2.50 bits per heavy atom. The highest BCUT2D eigenvalue weighted by Crippen LogP contribution is 2.40. The van der Waals surface area contributed by atoms with E-state index in [9.17, 15) is 4.79 Å². The van der Waals surface area contributed by atoms with E-state index in [1.165, 1.54) is 0 Å². The van der Waals surface area contributed by atoms with Gasteiger partial charge < -0.3 is 19.5 Å². The average molecular weight is 405 g/mol. The summed E-state index contributed by atoms with van der Waals surface area (Å²) in [6.07, 6.45) is 1.18. The molecule has 1 aliphatic rings. The predicted octanol–water partition coefficient (Wildman–Crippen LogP) is 4.27. The van der Waals surface area contributed by atoms with Crippen molar-refractivity contribution in [3.05, 3.63) is 72.1 Å². The quantitative estimate of drug-likeness (QED) is 0.633. The molecule has 1 atom stereocenters. The number of nitrogens with one attached hydrogen (secondary N) is 1. The lowest BCUT2D eigenvalue weighted by Crippen LogP contribution is -2.32. The lowest BCUT2D eigenvalue weighted by Gasteiger charge is -2.27. The van der Waals surface area contributed by atoms with Crippen LogP contribution in [0.2, 0.25) is 0 Å². The molecule has 0 radical (unpaired) electrons. The van der Waals surface area contributed by atoms with Crippen LogP contribution in [0.4, 0.5) is 11.4 Å². The van der Waals surface area contributed by atoms with Gasteiger partial charge >= 0.3 is 0 Å². The van der Waals surface area contributed by atoms with Crippen LogP contribution >= 0.6 is 0 Å². The number of carbonyl (C=O) groups is 1. The topological polar surface area (TPSA) is 72.9 Å². The van der Waals surface area contributed by atoms with E-state index >= 15 is 0 Å². The Bertz CT molecular complexity index is 1050. The number of hydrogen-bond acceptors (Lipinski definition) is 6. The minimum Gasteiger partial charge on any atom is -0.497 e. The van der Waals surface area contributed by atoms with Crippen molar-refractivity contribution in [1.82, 2.24) is 4.98 Å². The first-order valence-corrected chi connectivity index (χ1v) is 9.66. The summed E-state index contributed by atoms with van der Waals surface area (Å²) in [5.41, 5.74) is 2.65. The summed E-state index contributed by atoms with van der Waals surface area (Å²) in [4.78, 5) is 19.4. The van der Waals surface area contributed by atoms with Crippen LogP contribution in [-0.2, 0) is 0 Å². The maximum Gasteiger partial charge on any atom is 0.262 e. The molecular formula is C23H23N3O4. The number of anilines is 2. The Morgan fingerprint density at radius 1 is 1.03 bits per heavy atom. The Morgan fingerprint density at radius 2 is 1.80 bits per heavy atom. The summed E-state index contributed by atoms with van der Waals surface area (Å²) in [5, 5.41) is 3.42. The number of ether oxygens (including phenoxy) is 3. The maximum atomic E-state index is 13.2. The van der Waals surface area contributed by atoms with Gasteiger partial charge in [0.05, 0.1) is 37.8 Å². The molecule has 2 heterocycles. The number of amides is 1. The standard InChI is InChI=1S/C23H23N3O4/c1-4-30-16-9-7-15(8-10-16)26-22(21-18(23(26)27)6-5-13-24-21)25-19-14-17(28-2)11-12-20(19)29-3/h5-14,22,25H,4H2,1-3H3/t22-/m0/s1. The fourth-order valence-electron chi connectivity index (χ4n) is 3.53. The molecule has 7 heteroatoms. The van der Waals surface area contributed by atoms with Crippen LogP contribution in [-0.4, -0.2) is 31.7 Å². The average Bonchev–Trinajstić information content (AvgIpc) is 3.06. The number of aromatic nitrogens is 1. The second-order valence-corrected chi connectivity index (χ2v) is 6.65. The van der Waals surface area contributed by atoms with E-state index in [1.807, 2.05) is 49.4 Å². The molecule has 0 fully saturated rings. The normalized spacial score (nSPS) is 15.0. The molecule has 1 aliphatic heterocycles. The zero-order valence-electron chi connectivity index (χ0n) is 17.1. The number of hydrogen-bond donors (Lipinski definition) is 1. The Labute approximate surface area is 175 Å². The van der Waals surface area contributed by atoms with Crippen molar-refractivity contribution in [3.63, 3.8) is 0 Å². The monoisotopic (exact) mass is 405 g/mol. The van der Waals surface area contributed by atoms with Crippen molar-refractivity contribution < 1.29 is 19.0 Å². The van der Waals surface area contributed by atoms with Crippen molar-refractivity contribution in [2.45, 2.75) is 13.1 Å². The van der Waals surface area contributed by atoms with Gasteiger partial charge in [0, 0.05) is 18.0 Å². The fraction of sp³-hybridized carbons (Fsp3) is 0.217. The van der Waals surface area contributed by atoms with Crippen LogP contribution in [0.1, 0.15) is 29.1 Å². The number of benzene rings is 2.